The molecule has 1 N–H and O–H groups in total. The zero-order chi connectivity index (χ0) is 14.8. The standard InChI is InChI=1S/C16H22O5/c1-10(2)21-16-13(7-17)12(8-18-16)5-11-3-4-14-15(6-11)20-9-19-14/h3-4,6,10,12-13,16-17H,5,7-9H2,1-2H3/t12-,13+,16-/m0/s1. The van der Waals surface area contributed by atoms with E-state index in [1.165, 1.54) is 0 Å². The Morgan fingerprint density at radius 1 is 1.29 bits per heavy atom. The summed E-state index contributed by atoms with van der Waals surface area (Å²) in [7, 11) is 0. The lowest BCUT2D eigenvalue weighted by molar-refractivity contribution is -0.158. The number of aliphatic hydroxyl groups excluding tert-OH is 1. The summed E-state index contributed by atoms with van der Waals surface area (Å²) >= 11 is 0. The Morgan fingerprint density at radius 3 is 2.86 bits per heavy atom. The van der Waals surface area contributed by atoms with Crippen molar-refractivity contribution < 1.29 is 24.1 Å². The molecule has 3 rings (SSSR count). The van der Waals surface area contributed by atoms with Crippen molar-refractivity contribution >= 4 is 0 Å². The predicted octanol–water partition coefficient (Wildman–Crippen LogP) is 1.96. The zero-order valence-corrected chi connectivity index (χ0v) is 12.5. The zero-order valence-electron chi connectivity index (χ0n) is 12.5. The van der Waals surface area contributed by atoms with Crippen molar-refractivity contribution in [1.82, 2.24) is 0 Å². The molecule has 1 fully saturated rings. The maximum atomic E-state index is 9.65. The fraction of sp³-hybridized carbons (Fsp3) is 0.625. The molecule has 1 aromatic rings. The Bertz CT molecular complexity index is 488. The average Bonchev–Trinajstić information content (AvgIpc) is 3.04. The maximum Gasteiger partial charge on any atom is 0.231 e. The van der Waals surface area contributed by atoms with Crippen molar-refractivity contribution in [3.05, 3.63) is 23.8 Å². The van der Waals surface area contributed by atoms with Crippen LogP contribution in [0.3, 0.4) is 0 Å². The lowest BCUT2D eigenvalue weighted by atomic mass is 9.89. The number of hydrogen-bond donors (Lipinski definition) is 1. The van der Waals surface area contributed by atoms with Crippen LogP contribution in [0, 0.1) is 11.8 Å². The predicted molar refractivity (Wildman–Crippen MR) is 76.3 cm³/mol. The molecule has 1 saturated heterocycles. The second kappa shape index (κ2) is 6.22. The first kappa shape index (κ1) is 14.6. The molecule has 116 valence electrons. The summed E-state index contributed by atoms with van der Waals surface area (Å²) in [6, 6.07) is 5.98. The van der Waals surface area contributed by atoms with Gasteiger partial charge in [-0.3, -0.25) is 0 Å². The summed E-state index contributed by atoms with van der Waals surface area (Å²) in [6.45, 7) is 4.92. The van der Waals surface area contributed by atoms with Crippen molar-refractivity contribution in [2.75, 3.05) is 20.0 Å². The van der Waals surface area contributed by atoms with Crippen LogP contribution in [0.4, 0.5) is 0 Å². The Hall–Kier alpha value is -1.30. The summed E-state index contributed by atoms with van der Waals surface area (Å²) in [5.74, 6) is 1.85. The van der Waals surface area contributed by atoms with Crippen LogP contribution in [0.25, 0.3) is 0 Å². The molecule has 0 radical (unpaired) electrons. The second-order valence-corrected chi connectivity index (χ2v) is 5.88. The van der Waals surface area contributed by atoms with Crippen molar-refractivity contribution in [2.24, 2.45) is 11.8 Å². The van der Waals surface area contributed by atoms with Gasteiger partial charge in [0.2, 0.25) is 6.79 Å². The summed E-state index contributed by atoms with van der Waals surface area (Å²) in [6.07, 6.45) is 0.613. The van der Waals surface area contributed by atoms with Crippen LogP contribution >= 0.6 is 0 Å². The molecule has 0 spiro atoms. The van der Waals surface area contributed by atoms with E-state index >= 15 is 0 Å². The number of benzene rings is 1. The largest absolute Gasteiger partial charge is 0.454 e. The van der Waals surface area contributed by atoms with Crippen LogP contribution in [0.15, 0.2) is 18.2 Å². The highest BCUT2D eigenvalue weighted by atomic mass is 16.7. The highest BCUT2D eigenvalue weighted by Crippen LogP contribution is 2.36. The fourth-order valence-electron chi connectivity index (χ4n) is 2.91. The highest BCUT2D eigenvalue weighted by Gasteiger charge is 2.38. The van der Waals surface area contributed by atoms with Gasteiger partial charge in [-0.15, -0.1) is 0 Å². The van der Waals surface area contributed by atoms with Gasteiger partial charge in [0.05, 0.1) is 19.3 Å². The topological polar surface area (TPSA) is 57.2 Å². The van der Waals surface area contributed by atoms with E-state index in [0.717, 1.165) is 23.5 Å². The van der Waals surface area contributed by atoms with Crippen LogP contribution in [0.5, 0.6) is 11.5 Å². The molecule has 0 aliphatic carbocycles. The molecule has 5 nitrogen and oxygen atoms in total. The third-order valence-electron chi connectivity index (χ3n) is 3.98. The third-order valence-corrected chi connectivity index (χ3v) is 3.98. The molecule has 2 heterocycles. The van der Waals surface area contributed by atoms with Crippen molar-refractivity contribution in [1.29, 1.82) is 0 Å². The molecule has 5 heteroatoms. The van der Waals surface area contributed by atoms with Crippen LogP contribution in [0.1, 0.15) is 19.4 Å². The molecule has 1 aromatic carbocycles. The molecule has 0 amide bonds. The van der Waals surface area contributed by atoms with Gasteiger partial charge in [0.15, 0.2) is 17.8 Å². The van der Waals surface area contributed by atoms with Crippen LogP contribution < -0.4 is 9.47 Å². The second-order valence-electron chi connectivity index (χ2n) is 5.88. The molecule has 2 aliphatic rings. The van der Waals surface area contributed by atoms with Gasteiger partial charge in [-0.2, -0.15) is 0 Å². The summed E-state index contributed by atoms with van der Waals surface area (Å²) < 4.78 is 22.2. The van der Waals surface area contributed by atoms with Crippen molar-refractivity contribution in [2.45, 2.75) is 32.7 Å². The Balaban J connectivity index is 1.67. The number of ether oxygens (including phenoxy) is 4. The molecular formula is C16H22O5. The Kier molecular flexibility index (Phi) is 4.33. The van der Waals surface area contributed by atoms with Gasteiger partial charge in [-0.05, 0) is 43.9 Å². The van der Waals surface area contributed by atoms with E-state index in [1.54, 1.807) is 0 Å². The van der Waals surface area contributed by atoms with E-state index in [0.29, 0.717) is 6.61 Å². The molecule has 0 unspecified atom stereocenters. The van der Waals surface area contributed by atoms with E-state index in [2.05, 4.69) is 0 Å². The van der Waals surface area contributed by atoms with E-state index in [9.17, 15) is 5.11 Å². The van der Waals surface area contributed by atoms with E-state index in [1.807, 2.05) is 32.0 Å². The van der Waals surface area contributed by atoms with E-state index in [4.69, 9.17) is 18.9 Å². The first-order chi connectivity index (χ1) is 10.2. The van der Waals surface area contributed by atoms with Gasteiger partial charge >= 0.3 is 0 Å². The fourth-order valence-corrected chi connectivity index (χ4v) is 2.91. The number of aliphatic hydroxyl groups is 1. The third kappa shape index (κ3) is 3.15. The SMILES string of the molecule is CC(C)O[C@@H]1OC[C@H](Cc2ccc3c(c2)OCO3)[C@H]1CO. The van der Waals surface area contributed by atoms with Crippen LogP contribution in [-0.2, 0) is 15.9 Å². The Labute approximate surface area is 124 Å². The van der Waals surface area contributed by atoms with Gasteiger partial charge in [-0.25, -0.2) is 0 Å². The lowest BCUT2D eigenvalue weighted by Gasteiger charge is -2.22. The average molecular weight is 294 g/mol. The molecule has 0 saturated carbocycles. The summed E-state index contributed by atoms with van der Waals surface area (Å²) in [5, 5.41) is 9.65. The van der Waals surface area contributed by atoms with E-state index < -0.39 is 0 Å². The number of rotatable bonds is 5. The normalized spacial score (nSPS) is 27.5. The Morgan fingerprint density at radius 2 is 2.10 bits per heavy atom. The van der Waals surface area contributed by atoms with Gasteiger partial charge in [0.25, 0.3) is 0 Å². The minimum absolute atomic E-state index is 0.0119. The lowest BCUT2D eigenvalue weighted by Crippen LogP contribution is -2.29. The van der Waals surface area contributed by atoms with Crippen molar-refractivity contribution in [3.8, 4) is 11.5 Å². The van der Waals surface area contributed by atoms with Gasteiger partial charge in [-0.1, -0.05) is 6.07 Å². The van der Waals surface area contributed by atoms with Crippen LogP contribution in [0.2, 0.25) is 0 Å². The molecule has 0 aromatic heterocycles. The van der Waals surface area contributed by atoms with Gasteiger partial charge in [0, 0.05) is 5.92 Å². The minimum Gasteiger partial charge on any atom is -0.454 e. The number of hydrogen-bond acceptors (Lipinski definition) is 5. The molecule has 21 heavy (non-hydrogen) atoms. The van der Waals surface area contributed by atoms with Crippen LogP contribution in [-0.4, -0.2) is 37.5 Å². The molecule has 0 bridgehead atoms. The molecular weight excluding hydrogens is 272 g/mol. The quantitative estimate of drug-likeness (QED) is 0.899. The summed E-state index contributed by atoms with van der Waals surface area (Å²) in [5.41, 5.74) is 1.16. The first-order valence-electron chi connectivity index (χ1n) is 7.44. The van der Waals surface area contributed by atoms with Gasteiger partial charge in [0.1, 0.15) is 0 Å². The van der Waals surface area contributed by atoms with E-state index in [-0.39, 0.29) is 37.6 Å². The smallest absolute Gasteiger partial charge is 0.231 e. The van der Waals surface area contributed by atoms with Gasteiger partial charge < -0.3 is 24.1 Å². The summed E-state index contributed by atoms with van der Waals surface area (Å²) in [4.78, 5) is 0. The maximum absolute atomic E-state index is 9.65. The number of fused-ring (bicyclic) bond motifs is 1. The molecule has 2 aliphatic heterocycles. The molecule has 3 atom stereocenters. The highest BCUT2D eigenvalue weighted by molar-refractivity contribution is 5.44. The monoisotopic (exact) mass is 294 g/mol. The minimum atomic E-state index is -0.311. The van der Waals surface area contributed by atoms with Crippen molar-refractivity contribution in [3.63, 3.8) is 0 Å². The first-order valence-corrected chi connectivity index (χ1v) is 7.44.